The van der Waals surface area contributed by atoms with Crippen LogP contribution in [-0.4, -0.2) is 23.9 Å². The van der Waals surface area contributed by atoms with Crippen molar-refractivity contribution in [1.82, 2.24) is 15.5 Å². The van der Waals surface area contributed by atoms with E-state index < -0.39 is 0 Å². The van der Waals surface area contributed by atoms with Gasteiger partial charge in [-0.15, -0.1) is 16.6 Å². The molecule has 0 radical (unpaired) electrons. The van der Waals surface area contributed by atoms with Crippen LogP contribution in [0.25, 0.3) is 0 Å². The first-order chi connectivity index (χ1) is 7.31. The van der Waals surface area contributed by atoms with Crippen molar-refractivity contribution in [3.63, 3.8) is 0 Å². The molecule has 1 rings (SSSR count). The number of rotatable bonds is 5. The lowest BCUT2D eigenvalue weighted by Gasteiger charge is -2.10. The number of nitrogens with zero attached hydrogens (tertiary/aromatic N) is 2. The predicted molar refractivity (Wildman–Crippen MR) is 58.5 cm³/mol. The van der Waals surface area contributed by atoms with E-state index in [9.17, 15) is 0 Å². The summed E-state index contributed by atoms with van der Waals surface area (Å²) in [5.74, 6) is 3.13. The molecule has 0 aliphatic carbocycles. The molecule has 1 aromatic rings. The van der Waals surface area contributed by atoms with Crippen molar-refractivity contribution >= 4 is 0 Å². The van der Waals surface area contributed by atoms with E-state index in [0.717, 1.165) is 18.7 Å². The van der Waals surface area contributed by atoms with E-state index in [2.05, 4.69) is 28.4 Å². The van der Waals surface area contributed by atoms with Gasteiger partial charge in [0.2, 0.25) is 5.88 Å². The average molecular weight is 205 g/mol. The standard InChI is InChI=1S/C11H15N3O/c1-4-8-12-9(5-2)10-6-7-11(15-3)14-13-10/h2,6-7,9,12H,4,8H2,1,3H3. The van der Waals surface area contributed by atoms with Crippen LogP contribution in [0.4, 0.5) is 0 Å². The second-order valence-electron chi connectivity index (χ2n) is 3.05. The topological polar surface area (TPSA) is 47.0 Å². The third-order valence-electron chi connectivity index (χ3n) is 1.93. The molecule has 0 amide bonds. The van der Waals surface area contributed by atoms with Gasteiger partial charge in [-0.3, -0.25) is 5.32 Å². The van der Waals surface area contributed by atoms with Crippen LogP contribution in [0.1, 0.15) is 25.1 Å². The van der Waals surface area contributed by atoms with Gasteiger partial charge in [0.25, 0.3) is 0 Å². The lowest BCUT2D eigenvalue weighted by atomic mass is 10.2. The fraction of sp³-hybridized carbons (Fsp3) is 0.455. The Labute approximate surface area is 90.1 Å². The van der Waals surface area contributed by atoms with E-state index in [-0.39, 0.29) is 6.04 Å². The van der Waals surface area contributed by atoms with Crippen molar-refractivity contribution in [2.75, 3.05) is 13.7 Å². The molecule has 0 aromatic carbocycles. The Balaban J connectivity index is 2.70. The second-order valence-corrected chi connectivity index (χ2v) is 3.05. The molecule has 0 aliphatic heterocycles. The predicted octanol–water partition coefficient (Wildman–Crippen LogP) is 1.16. The highest BCUT2D eigenvalue weighted by Crippen LogP contribution is 2.10. The largest absolute Gasteiger partial charge is 0.480 e. The van der Waals surface area contributed by atoms with E-state index in [1.807, 2.05) is 6.07 Å². The highest BCUT2D eigenvalue weighted by Gasteiger charge is 2.08. The average Bonchev–Trinajstić information content (AvgIpc) is 2.31. The molecule has 1 N–H and O–H groups in total. The number of hydrogen-bond donors (Lipinski definition) is 1. The van der Waals surface area contributed by atoms with Gasteiger partial charge in [0.05, 0.1) is 12.8 Å². The molecule has 0 saturated heterocycles. The Kier molecular flexibility index (Phi) is 4.58. The molecule has 1 aromatic heterocycles. The molecule has 0 fully saturated rings. The molecule has 15 heavy (non-hydrogen) atoms. The van der Waals surface area contributed by atoms with Gasteiger partial charge in [-0.2, -0.15) is 0 Å². The first kappa shape index (κ1) is 11.5. The monoisotopic (exact) mass is 205 g/mol. The Morgan fingerprint density at radius 3 is 2.80 bits per heavy atom. The number of hydrogen-bond acceptors (Lipinski definition) is 4. The van der Waals surface area contributed by atoms with E-state index >= 15 is 0 Å². The van der Waals surface area contributed by atoms with Crippen molar-refractivity contribution in [3.05, 3.63) is 17.8 Å². The maximum atomic E-state index is 5.40. The summed E-state index contributed by atoms with van der Waals surface area (Å²) in [6.45, 7) is 2.95. The number of terminal acetylenes is 1. The highest BCUT2D eigenvalue weighted by molar-refractivity contribution is 5.20. The van der Waals surface area contributed by atoms with E-state index in [1.54, 1.807) is 13.2 Å². The molecule has 1 heterocycles. The van der Waals surface area contributed by atoms with E-state index in [1.165, 1.54) is 0 Å². The van der Waals surface area contributed by atoms with E-state index in [0.29, 0.717) is 5.88 Å². The Bertz CT molecular complexity index is 329. The van der Waals surface area contributed by atoms with Gasteiger partial charge in [0.1, 0.15) is 6.04 Å². The molecule has 1 unspecified atom stereocenters. The van der Waals surface area contributed by atoms with Crippen LogP contribution in [0.2, 0.25) is 0 Å². The molecule has 0 saturated carbocycles. The number of nitrogens with one attached hydrogen (secondary N) is 1. The first-order valence-corrected chi connectivity index (χ1v) is 4.89. The zero-order chi connectivity index (χ0) is 11.1. The molecule has 0 aliphatic rings. The van der Waals surface area contributed by atoms with Crippen molar-refractivity contribution in [1.29, 1.82) is 0 Å². The molecular weight excluding hydrogens is 190 g/mol. The van der Waals surface area contributed by atoms with Crippen LogP contribution in [0.3, 0.4) is 0 Å². The highest BCUT2D eigenvalue weighted by atomic mass is 16.5. The van der Waals surface area contributed by atoms with Crippen molar-refractivity contribution in [3.8, 4) is 18.2 Å². The summed E-state index contributed by atoms with van der Waals surface area (Å²) in [5.41, 5.74) is 0.742. The van der Waals surface area contributed by atoms with Gasteiger partial charge >= 0.3 is 0 Å². The van der Waals surface area contributed by atoms with Crippen LogP contribution in [0.5, 0.6) is 5.88 Å². The third-order valence-corrected chi connectivity index (χ3v) is 1.93. The van der Waals surface area contributed by atoms with Crippen molar-refractivity contribution < 1.29 is 4.74 Å². The van der Waals surface area contributed by atoms with Crippen LogP contribution < -0.4 is 10.1 Å². The van der Waals surface area contributed by atoms with Crippen LogP contribution >= 0.6 is 0 Å². The molecular formula is C11H15N3O. The lowest BCUT2D eigenvalue weighted by molar-refractivity contribution is 0.390. The minimum absolute atomic E-state index is 0.177. The zero-order valence-electron chi connectivity index (χ0n) is 9.03. The number of aromatic nitrogens is 2. The van der Waals surface area contributed by atoms with Crippen molar-refractivity contribution in [2.45, 2.75) is 19.4 Å². The van der Waals surface area contributed by atoms with E-state index in [4.69, 9.17) is 11.2 Å². The maximum Gasteiger partial charge on any atom is 0.233 e. The van der Waals surface area contributed by atoms with Gasteiger partial charge < -0.3 is 4.74 Å². The summed E-state index contributed by atoms with van der Waals surface area (Å²) < 4.78 is 4.92. The summed E-state index contributed by atoms with van der Waals surface area (Å²) in [4.78, 5) is 0. The normalized spacial score (nSPS) is 11.8. The van der Waals surface area contributed by atoms with Crippen LogP contribution in [0.15, 0.2) is 12.1 Å². The fourth-order valence-corrected chi connectivity index (χ4v) is 1.13. The SMILES string of the molecule is C#CC(NCCC)c1ccc(OC)nn1. The molecule has 0 bridgehead atoms. The zero-order valence-corrected chi connectivity index (χ0v) is 9.03. The summed E-state index contributed by atoms with van der Waals surface area (Å²) >= 11 is 0. The lowest BCUT2D eigenvalue weighted by Crippen LogP contribution is -2.21. The fourth-order valence-electron chi connectivity index (χ4n) is 1.13. The summed E-state index contributed by atoms with van der Waals surface area (Å²) in [6.07, 6.45) is 6.43. The Morgan fingerprint density at radius 1 is 1.53 bits per heavy atom. The maximum absolute atomic E-state index is 5.40. The second kappa shape index (κ2) is 5.99. The summed E-state index contributed by atoms with van der Waals surface area (Å²) in [5, 5.41) is 11.1. The molecule has 4 heteroatoms. The molecule has 0 spiro atoms. The quantitative estimate of drug-likeness (QED) is 0.733. The Morgan fingerprint density at radius 2 is 2.33 bits per heavy atom. The molecule has 1 atom stereocenters. The summed E-state index contributed by atoms with van der Waals surface area (Å²) in [7, 11) is 1.55. The van der Waals surface area contributed by atoms with Gasteiger partial charge in [0, 0.05) is 6.07 Å². The number of ether oxygens (including phenoxy) is 1. The van der Waals surface area contributed by atoms with Crippen molar-refractivity contribution in [2.24, 2.45) is 0 Å². The Hall–Kier alpha value is -1.60. The van der Waals surface area contributed by atoms with Crippen LogP contribution in [0, 0.1) is 12.3 Å². The first-order valence-electron chi connectivity index (χ1n) is 4.89. The van der Waals surface area contributed by atoms with Gasteiger partial charge in [-0.1, -0.05) is 12.8 Å². The minimum atomic E-state index is -0.177. The minimum Gasteiger partial charge on any atom is -0.480 e. The smallest absolute Gasteiger partial charge is 0.233 e. The van der Waals surface area contributed by atoms with Gasteiger partial charge in [-0.25, -0.2) is 0 Å². The molecule has 80 valence electrons. The molecule has 4 nitrogen and oxygen atoms in total. The van der Waals surface area contributed by atoms with Gasteiger partial charge in [-0.05, 0) is 19.0 Å². The number of methoxy groups -OCH3 is 1. The van der Waals surface area contributed by atoms with Gasteiger partial charge in [0.15, 0.2) is 0 Å². The summed E-state index contributed by atoms with van der Waals surface area (Å²) in [6, 6.07) is 3.39. The van der Waals surface area contributed by atoms with Crippen LogP contribution in [-0.2, 0) is 0 Å². The third kappa shape index (κ3) is 3.22.